The summed E-state index contributed by atoms with van der Waals surface area (Å²) < 4.78 is 1.63. The summed E-state index contributed by atoms with van der Waals surface area (Å²) in [5.41, 5.74) is 1.51. The van der Waals surface area contributed by atoms with Crippen molar-refractivity contribution < 1.29 is 9.90 Å². The van der Waals surface area contributed by atoms with Crippen molar-refractivity contribution in [1.29, 1.82) is 0 Å². The van der Waals surface area contributed by atoms with Gasteiger partial charge in [0.25, 0.3) is 0 Å². The average Bonchev–Trinajstić information content (AvgIpc) is 2.93. The highest BCUT2D eigenvalue weighted by molar-refractivity contribution is 6.30. The molecule has 0 aliphatic heterocycles. The zero-order chi connectivity index (χ0) is 14.8. The summed E-state index contributed by atoms with van der Waals surface area (Å²) in [5, 5.41) is 17.9. The largest absolute Gasteiger partial charge is 0.476 e. The lowest BCUT2D eigenvalue weighted by Gasteiger charge is -2.22. The monoisotopic (exact) mass is 305 g/mol. The number of halogens is 1. The first-order valence-corrected chi connectivity index (χ1v) is 7.49. The number of rotatable bonds is 3. The molecule has 0 unspecified atom stereocenters. The van der Waals surface area contributed by atoms with E-state index < -0.39 is 5.97 Å². The minimum absolute atomic E-state index is 0.0573. The molecule has 0 bridgehead atoms. The van der Waals surface area contributed by atoms with Crippen LogP contribution in [0, 0.1) is 0 Å². The van der Waals surface area contributed by atoms with Gasteiger partial charge >= 0.3 is 5.97 Å². The lowest BCUT2D eigenvalue weighted by molar-refractivity contribution is 0.0688. The third-order valence-electron chi connectivity index (χ3n) is 3.95. The number of aromatic nitrogens is 3. The van der Waals surface area contributed by atoms with Gasteiger partial charge in [-0.2, -0.15) is 0 Å². The van der Waals surface area contributed by atoms with Crippen LogP contribution in [0.3, 0.4) is 0 Å². The van der Waals surface area contributed by atoms with Crippen molar-refractivity contribution in [3.63, 3.8) is 0 Å². The van der Waals surface area contributed by atoms with Crippen molar-refractivity contribution in [1.82, 2.24) is 15.0 Å². The number of hydrogen-bond donors (Lipinski definition) is 1. The van der Waals surface area contributed by atoms with Crippen LogP contribution in [-0.2, 0) is 0 Å². The predicted octanol–water partition coefficient (Wildman–Crippen LogP) is 3.67. The third kappa shape index (κ3) is 2.78. The van der Waals surface area contributed by atoms with E-state index in [1.807, 2.05) is 12.1 Å². The molecule has 1 saturated carbocycles. The van der Waals surface area contributed by atoms with Gasteiger partial charge in [0, 0.05) is 10.9 Å². The number of benzene rings is 1. The lowest BCUT2D eigenvalue weighted by atomic mass is 9.86. The Labute approximate surface area is 127 Å². The van der Waals surface area contributed by atoms with Crippen molar-refractivity contribution in [2.45, 2.75) is 38.0 Å². The first-order chi connectivity index (χ1) is 10.2. The second kappa shape index (κ2) is 5.85. The number of hydrogen-bond acceptors (Lipinski definition) is 3. The Morgan fingerprint density at radius 2 is 2.05 bits per heavy atom. The molecule has 0 radical (unpaired) electrons. The van der Waals surface area contributed by atoms with Crippen LogP contribution < -0.4 is 0 Å². The molecule has 0 amide bonds. The first kappa shape index (κ1) is 14.1. The minimum atomic E-state index is -1.02. The van der Waals surface area contributed by atoms with Crippen LogP contribution in [0.1, 0.15) is 54.2 Å². The lowest BCUT2D eigenvalue weighted by Crippen LogP contribution is -2.14. The Bertz CT molecular complexity index is 663. The quantitative estimate of drug-likeness (QED) is 0.939. The molecule has 5 nitrogen and oxygen atoms in total. The van der Waals surface area contributed by atoms with Gasteiger partial charge < -0.3 is 5.11 Å². The molecule has 1 fully saturated rings. The van der Waals surface area contributed by atoms with Crippen LogP contribution in [0.25, 0.3) is 5.69 Å². The van der Waals surface area contributed by atoms with E-state index in [-0.39, 0.29) is 11.6 Å². The molecular weight excluding hydrogens is 290 g/mol. The topological polar surface area (TPSA) is 68.0 Å². The summed E-state index contributed by atoms with van der Waals surface area (Å²) in [5.74, 6) is -0.831. The molecule has 1 aromatic carbocycles. The molecular formula is C15H16ClN3O2. The highest BCUT2D eigenvalue weighted by Crippen LogP contribution is 2.35. The van der Waals surface area contributed by atoms with E-state index in [0.29, 0.717) is 10.7 Å². The van der Waals surface area contributed by atoms with E-state index in [2.05, 4.69) is 10.3 Å². The predicted molar refractivity (Wildman–Crippen MR) is 79.2 cm³/mol. The van der Waals surface area contributed by atoms with E-state index >= 15 is 0 Å². The fourth-order valence-electron chi connectivity index (χ4n) is 2.98. The molecule has 21 heavy (non-hydrogen) atoms. The Hall–Kier alpha value is -1.88. The molecule has 1 aliphatic rings. The summed E-state index contributed by atoms with van der Waals surface area (Å²) in [6.45, 7) is 0. The van der Waals surface area contributed by atoms with Crippen molar-refractivity contribution in [3.8, 4) is 5.69 Å². The molecule has 110 valence electrons. The maximum atomic E-state index is 11.4. The van der Waals surface area contributed by atoms with Crippen LogP contribution in [0.2, 0.25) is 5.02 Å². The minimum Gasteiger partial charge on any atom is -0.476 e. The van der Waals surface area contributed by atoms with Gasteiger partial charge in [0.05, 0.1) is 11.4 Å². The third-order valence-corrected chi connectivity index (χ3v) is 4.19. The zero-order valence-electron chi connectivity index (χ0n) is 11.5. The van der Waals surface area contributed by atoms with E-state index in [9.17, 15) is 9.90 Å². The van der Waals surface area contributed by atoms with Gasteiger partial charge in [-0.15, -0.1) is 5.10 Å². The Balaban J connectivity index is 2.10. The maximum Gasteiger partial charge on any atom is 0.358 e. The standard InChI is InChI=1S/C15H16ClN3O2/c16-11-7-4-8-12(9-11)19-14(10-5-2-1-3-6-10)13(15(20)21)17-18-19/h4,7-10H,1-3,5-6H2,(H,20,21). The van der Waals surface area contributed by atoms with Gasteiger partial charge in [0.15, 0.2) is 5.69 Å². The fourth-order valence-corrected chi connectivity index (χ4v) is 3.17. The number of aromatic carboxylic acids is 1. The van der Waals surface area contributed by atoms with Gasteiger partial charge in [-0.1, -0.05) is 42.1 Å². The molecule has 0 saturated heterocycles. The molecule has 1 heterocycles. The molecule has 2 aromatic rings. The number of carboxylic acids is 1. The Kier molecular flexibility index (Phi) is 3.92. The molecule has 6 heteroatoms. The summed E-state index contributed by atoms with van der Waals surface area (Å²) >= 11 is 6.02. The summed E-state index contributed by atoms with van der Waals surface area (Å²) in [6.07, 6.45) is 5.40. The van der Waals surface area contributed by atoms with Crippen LogP contribution in [0.15, 0.2) is 24.3 Å². The molecule has 0 spiro atoms. The normalized spacial score (nSPS) is 16.0. The summed E-state index contributed by atoms with van der Waals surface area (Å²) in [7, 11) is 0. The van der Waals surface area contributed by atoms with Crippen LogP contribution >= 0.6 is 11.6 Å². The maximum absolute atomic E-state index is 11.4. The molecule has 0 atom stereocenters. The number of carboxylic acid groups (broad SMARTS) is 1. The first-order valence-electron chi connectivity index (χ1n) is 7.11. The highest BCUT2D eigenvalue weighted by Gasteiger charge is 2.28. The van der Waals surface area contributed by atoms with E-state index in [0.717, 1.165) is 31.4 Å². The van der Waals surface area contributed by atoms with Gasteiger partial charge in [0.1, 0.15) is 0 Å². The van der Waals surface area contributed by atoms with Crippen LogP contribution in [0.4, 0.5) is 0 Å². The second-order valence-corrected chi connectivity index (χ2v) is 5.79. The van der Waals surface area contributed by atoms with Crippen molar-refractivity contribution in [2.24, 2.45) is 0 Å². The second-order valence-electron chi connectivity index (χ2n) is 5.36. The Morgan fingerprint density at radius 3 is 2.71 bits per heavy atom. The van der Waals surface area contributed by atoms with Crippen LogP contribution in [-0.4, -0.2) is 26.1 Å². The van der Waals surface area contributed by atoms with Gasteiger partial charge in [0.2, 0.25) is 0 Å². The van der Waals surface area contributed by atoms with E-state index in [4.69, 9.17) is 11.6 Å². The van der Waals surface area contributed by atoms with E-state index in [1.165, 1.54) is 6.42 Å². The molecule has 1 N–H and O–H groups in total. The number of nitrogens with zero attached hydrogens (tertiary/aromatic N) is 3. The van der Waals surface area contributed by atoms with Crippen LogP contribution in [0.5, 0.6) is 0 Å². The van der Waals surface area contributed by atoms with Gasteiger partial charge in [-0.05, 0) is 31.0 Å². The van der Waals surface area contributed by atoms with Gasteiger partial charge in [-0.25, -0.2) is 9.48 Å². The van der Waals surface area contributed by atoms with Crippen molar-refractivity contribution in [3.05, 3.63) is 40.7 Å². The smallest absolute Gasteiger partial charge is 0.358 e. The molecule has 1 aromatic heterocycles. The van der Waals surface area contributed by atoms with Crippen molar-refractivity contribution >= 4 is 17.6 Å². The summed E-state index contributed by atoms with van der Waals surface area (Å²) in [4.78, 5) is 11.4. The SMILES string of the molecule is O=C(O)c1nnn(-c2cccc(Cl)c2)c1C1CCCCC1. The van der Waals surface area contributed by atoms with Crippen molar-refractivity contribution in [2.75, 3.05) is 0 Å². The van der Waals surface area contributed by atoms with Gasteiger partial charge in [-0.3, -0.25) is 0 Å². The molecule has 1 aliphatic carbocycles. The molecule has 3 rings (SSSR count). The fraction of sp³-hybridized carbons (Fsp3) is 0.400. The van der Waals surface area contributed by atoms with E-state index in [1.54, 1.807) is 16.8 Å². The highest BCUT2D eigenvalue weighted by atomic mass is 35.5. The number of carbonyl (C=O) groups is 1. The average molecular weight is 306 g/mol. The Morgan fingerprint density at radius 1 is 1.29 bits per heavy atom. The summed E-state index contributed by atoms with van der Waals surface area (Å²) in [6, 6.07) is 7.23. The zero-order valence-corrected chi connectivity index (χ0v) is 12.3.